The van der Waals surface area contributed by atoms with Crippen molar-refractivity contribution in [2.75, 3.05) is 0 Å². The van der Waals surface area contributed by atoms with Gasteiger partial charge in [-0.2, -0.15) is 5.26 Å². The van der Waals surface area contributed by atoms with Gasteiger partial charge in [0.05, 0.1) is 10.5 Å². The van der Waals surface area contributed by atoms with Crippen LogP contribution in [0.25, 0.3) is 11.1 Å². The normalized spacial score (nSPS) is 9.59. The molecule has 0 atom stereocenters. The smallest absolute Gasteiger partial charge is 0.258 e. The van der Waals surface area contributed by atoms with Crippen LogP contribution in [0.15, 0.2) is 42.6 Å². The summed E-state index contributed by atoms with van der Waals surface area (Å²) in [5.41, 5.74) is 0.831. The van der Waals surface area contributed by atoms with Crippen LogP contribution in [0.3, 0.4) is 0 Å². The monoisotopic (exact) mass is 225 g/mol. The molecule has 1 heterocycles. The van der Waals surface area contributed by atoms with Crippen LogP contribution in [0.2, 0.25) is 0 Å². The van der Waals surface area contributed by atoms with E-state index in [0.29, 0.717) is 5.56 Å². The van der Waals surface area contributed by atoms with Gasteiger partial charge in [-0.1, -0.05) is 30.3 Å². The van der Waals surface area contributed by atoms with Crippen molar-refractivity contribution in [1.29, 1.82) is 5.26 Å². The van der Waals surface area contributed by atoms with Crippen molar-refractivity contribution in [3.8, 4) is 17.2 Å². The summed E-state index contributed by atoms with van der Waals surface area (Å²) in [6, 6.07) is 11.9. The minimum Gasteiger partial charge on any atom is -0.258 e. The minimum absolute atomic E-state index is 0.0606. The second-order valence-corrected chi connectivity index (χ2v) is 3.29. The molecule has 1 aromatic heterocycles. The van der Waals surface area contributed by atoms with E-state index in [1.165, 1.54) is 12.3 Å². The lowest BCUT2D eigenvalue weighted by Crippen LogP contribution is -1.96. The van der Waals surface area contributed by atoms with Crippen LogP contribution in [0.5, 0.6) is 0 Å². The lowest BCUT2D eigenvalue weighted by atomic mass is 10.0. The molecular formula is C12H7N3O2. The van der Waals surface area contributed by atoms with Gasteiger partial charge >= 0.3 is 0 Å². The van der Waals surface area contributed by atoms with Gasteiger partial charge in [-0.05, 0) is 5.56 Å². The van der Waals surface area contributed by atoms with E-state index in [1.807, 2.05) is 6.07 Å². The second-order valence-electron chi connectivity index (χ2n) is 3.29. The van der Waals surface area contributed by atoms with E-state index in [-0.39, 0.29) is 16.9 Å². The fourth-order valence-electron chi connectivity index (χ4n) is 1.58. The molecule has 0 saturated carbocycles. The summed E-state index contributed by atoms with van der Waals surface area (Å²) in [5, 5.41) is 19.9. The Bertz CT molecular complexity index is 603. The largest absolute Gasteiger partial charge is 0.281 e. The first kappa shape index (κ1) is 10.8. The zero-order valence-corrected chi connectivity index (χ0v) is 8.70. The molecule has 0 fully saturated rings. The Morgan fingerprint density at radius 1 is 1.24 bits per heavy atom. The zero-order valence-electron chi connectivity index (χ0n) is 8.70. The maximum Gasteiger partial charge on any atom is 0.281 e. The predicted molar refractivity (Wildman–Crippen MR) is 61.0 cm³/mol. The SMILES string of the molecule is N#Cc1nccc([N+](=O)[O-])c1-c1ccccc1. The molecule has 2 rings (SSSR count). The van der Waals surface area contributed by atoms with Crippen LogP contribution in [0.1, 0.15) is 5.69 Å². The Hall–Kier alpha value is -2.74. The number of pyridine rings is 1. The number of nitrogens with zero attached hydrogens (tertiary/aromatic N) is 3. The van der Waals surface area contributed by atoms with Crippen molar-refractivity contribution in [3.05, 3.63) is 58.4 Å². The van der Waals surface area contributed by atoms with E-state index in [2.05, 4.69) is 4.98 Å². The summed E-state index contributed by atoms with van der Waals surface area (Å²) < 4.78 is 0. The lowest BCUT2D eigenvalue weighted by molar-refractivity contribution is -0.384. The van der Waals surface area contributed by atoms with Gasteiger partial charge < -0.3 is 0 Å². The van der Waals surface area contributed by atoms with Crippen molar-refractivity contribution in [1.82, 2.24) is 4.98 Å². The molecule has 0 N–H and O–H groups in total. The second kappa shape index (κ2) is 4.41. The minimum atomic E-state index is -0.509. The van der Waals surface area contributed by atoms with Crippen LogP contribution in [-0.2, 0) is 0 Å². The molecule has 0 amide bonds. The Kier molecular flexibility index (Phi) is 2.79. The van der Waals surface area contributed by atoms with Crippen molar-refractivity contribution >= 4 is 5.69 Å². The van der Waals surface area contributed by atoms with Crippen molar-refractivity contribution in [3.63, 3.8) is 0 Å². The molecule has 0 spiro atoms. The molecule has 0 radical (unpaired) electrons. The third-order valence-electron chi connectivity index (χ3n) is 2.29. The molecule has 5 heteroatoms. The zero-order chi connectivity index (χ0) is 12.3. The van der Waals surface area contributed by atoms with E-state index >= 15 is 0 Å². The average molecular weight is 225 g/mol. The number of aromatic nitrogens is 1. The molecule has 17 heavy (non-hydrogen) atoms. The summed E-state index contributed by atoms with van der Waals surface area (Å²) in [6.45, 7) is 0. The molecule has 0 aliphatic rings. The highest BCUT2D eigenvalue weighted by atomic mass is 16.6. The van der Waals surface area contributed by atoms with Crippen molar-refractivity contribution in [2.24, 2.45) is 0 Å². The number of rotatable bonds is 2. The van der Waals surface area contributed by atoms with Gasteiger partial charge in [-0.15, -0.1) is 0 Å². The van der Waals surface area contributed by atoms with Gasteiger partial charge in [0, 0.05) is 12.3 Å². The number of nitro groups is 1. The third kappa shape index (κ3) is 1.96. The van der Waals surface area contributed by atoms with Gasteiger partial charge in [0.25, 0.3) is 5.69 Å². The van der Waals surface area contributed by atoms with E-state index in [1.54, 1.807) is 30.3 Å². The number of benzene rings is 1. The molecular weight excluding hydrogens is 218 g/mol. The average Bonchev–Trinajstić information content (AvgIpc) is 2.38. The Morgan fingerprint density at radius 2 is 1.94 bits per heavy atom. The fourth-order valence-corrected chi connectivity index (χ4v) is 1.58. The van der Waals surface area contributed by atoms with E-state index in [0.717, 1.165) is 0 Å². The third-order valence-corrected chi connectivity index (χ3v) is 2.29. The molecule has 5 nitrogen and oxygen atoms in total. The Labute approximate surface area is 97.1 Å². The quantitative estimate of drug-likeness (QED) is 0.581. The van der Waals surface area contributed by atoms with Gasteiger partial charge in [-0.3, -0.25) is 10.1 Å². The van der Waals surface area contributed by atoms with Gasteiger partial charge in [-0.25, -0.2) is 4.98 Å². The standard InChI is InChI=1S/C12H7N3O2/c13-8-10-12(9-4-2-1-3-5-9)11(15(16)17)6-7-14-10/h1-7H. The van der Waals surface area contributed by atoms with Crippen LogP contribution >= 0.6 is 0 Å². The van der Waals surface area contributed by atoms with E-state index < -0.39 is 4.92 Å². The highest BCUT2D eigenvalue weighted by molar-refractivity contribution is 5.77. The fraction of sp³-hybridized carbons (Fsp3) is 0. The van der Waals surface area contributed by atoms with E-state index in [9.17, 15) is 10.1 Å². The molecule has 1 aromatic carbocycles. The maximum atomic E-state index is 10.9. The Balaban J connectivity index is 2.75. The summed E-state index contributed by atoms with van der Waals surface area (Å²) in [5.74, 6) is 0. The summed E-state index contributed by atoms with van der Waals surface area (Å²) in [7, 11) is 0. The topological polar surface area (TPSA) is 79.8 Å². The first-order valence-electron chi connectivity index (χ1n) is 4.83. The lowest BCUT2D eigenvalue weighted by Gasteiger charge is -2.03. The molecule has 0 aliphatic heterocycles. The summed E-state index contributed by atoms with van der Waals surface area (Å²) in [4.78, 5) is 14.3. The number of nitriles is 1. The number of hydrogen-bond acceptors (Lipinski definition) is 4. The number of hydrogen-bond donors (Lipinski definition) is 0. The highest BCUT2D eigenvalue weighted by Crippen LogP contribution is 2.31. The molecule has 0 bridgehead atoms. The molecule has 0 unspecified atom stereocenters. The van der Waals surface area contributed by atoms with Gasteiger partial charge in [0.1, 0.15) is 6.07 Å². The van der Waals surface area contributed by atoms with Crippen LogP contribution in [0.4, 0.5) is 5.69 Å². The predicted octanol–water partition coefficient (Wildman–Crippen LogP) is 2.53. The summed E-state index contributed by atoms with van der Waals surface area (Å²) >= 11 is 0. The first-order valence-corrected chi connectivity index (χ1v) is 4.83. The molecule has 0 saturated heterocycles. The highest BCUT2D eigenvalue weighted by Gasteiger charge is 2.19. The maximum absolute atomic E-state index is 10.9. The molecule has 2 aromatic rings. The van der Waals surface area contributed by atoms with Crippen LogP contribution < -0.4 is 0 Å². The van der Waals surface area contributed by atoms with Gasteiger partial charge in [0.2, 0.25) is 0 Å². The van der Waals surface area contributed by atoms with Crippen molar-refractivity contribution in [2.45, 2.75) is 0 Å². The van der Waals surface area contributed by atoms with E-state index in [4.69, 9.17) is 5.26 Å². The van der Waals surface area contributed by atoms with Crippen LogP contribution in [0, 0.1) is 21.4 Å². The van der Waals surface area contributed by atoms with Crippen molar-refractivity contribution < 1.29 is 4.92 Å². The van der Waals surface area contributed by atoms with Crippen LogP contribution in [-0.4, -0.2) is 9.91 Å². The summed E-state index contributed by atoms with van der Waals surface area (Å²) in [6.07, 6.45) is 1.27. The first-order chi connectivity index (χ1) is 8.24. The Morgan fingerprint density at radius 3 is 2.53 bits per heavy atom. The molecule has 0 aliphatic carbocycles. The van der Waals surface area contributed by atoms with Gasteiger partial charge in [0.15, 0.2) is 5.69 Å². The molecule has 82 valence electrons.